The fourth-order valence-corrected chi connectivity index (χ4v) is 3.28. The molecular formula is C18H16Cl2O2. The number of hydrogen-bond donors (Lipinski definition) is 0. The van der Waals surface area contributed by atoms with E-state index < -0.39 is 0 Å². The van der Waals surface area contributed by atoms with Crippen molar-refractivity contribution in [2.24, 2.45) is 0 Å². The van der Waals surface area contributed by atoms with Crippen LogP contribution in [0.5, 0.6) is 5.75 Å². The number of fused-ring (bicyclic) bond motifs is 1. The van der Waals surface area contributed by atoms with Crippen LogP contribution in [0.3, 0.4) is 0 Å². The van der Waals surface area contributed by atoms with Gasteiger partial charge in [0.05, 0.1) is 16.7 Å². The van der Waals surface area contributed by atoms with Gasteiger partial charge in [0.15, 0.2) is 5.78 Å². The average molecular weight is 335 g/mol. The summed E-state index contributed by atoms with van der Waals surface area (Å²) in [5.74, 6) is 1.08. The van der Waals surface area contributed by atoms with Crippen LogP contribution in [-0.2, 0) is 0 Å². The van der Waals surface area contributed by atoms with Crippen LogP contribution in [0.25, 0.3) is 0 Å². The van der Waals surface area contributed by atoms with E-state index in [1.165, 1.54) is 0 Å². The minimum absolute atomic E-state index is 0.165. The first-order valence-electron chi connectivity index (χ1n) is 7.35. The van der Waals surface area contributed by atoms with E-state index in [1.807, 2.05) is 43.3 Å². The van der Waals surface area contributed by atoms with Gasteiger partial charge in [-0.15, -0.1) is 0 Å². The maximum Gasteiger partial charge on any atom is 0.163 e. The van der Waals surface area contributed by atoms with Gasteiger partial charge in [0, 0.05) is 17.9 Å². The van der Waals surface area contributed by atoms with E-state index in [0.717, 1.165) is 28.9 Å². The molecule has 22 heavy (non-hydrogen) atoms. The van der Waals surface area contributed by atoms with Crippen molar-refractivity contribution in [1.29, 1.82) is 0 Å². The minimum Gasteiger partial charge on any atom is -0.494 e. The largest absolute Gasteiger partial charge is 0.494 e. The summed E-state index contributed by atoms with van der Waals surface area (Å²) in [6.07, 6.45) is 1.32. The number of halogens is 2. The summed E-state index contributed by atoms with van der Waals surface area (Å²) in [6.45, 7) is 2.52. The van der Waals surface area contributed by atoms with Crippen molar-refractivity contribution in [3.8, 4) is 5.75 Å². The number of ketones is 1. The van der Waals surface area contributed by atoms with Crippen molar-refractivity contribution in [2.75, 3.05) is 6.61 Å². The third kappa shape index (κ3) is 2.86. The quantitative estimate of drug-likeness (QED) is 0.740. The molecule has 2 nitrogen and oxygen atoms in total. The molecule has 0 amide bonds. The van der Waals surface area contributed by atoms with Gasteiger partial charge in [-0.3, -0.25) is 4.79 Å². The molecule has 3 rings (SSSR count). The molecule has 0 spiro atoms. The smallest absolute Gasteiger partial charge is 0.163 e. The van der Waals surface area contributed by atoms with E-state index in [2.05, 4.69) is 0 Å². The molecule has 0 N–H and O–H groups in total. The Bertz CT molecular complexity index is 725. The minimum atomic E-state index is 0.165. The zero-order valence-electron chi connectivity index (χ0n) is 12.2. The third-order valence-corrected chi connectivity index (χ3v) is 4.76. The van der Waals surface area contributed by atoms with E-state index in [1.54, 1.807) is 0 Å². The van der Waals surface area contributed by atoms with Crippen molar-refractivity contribution in [1.82, 2.24) is 0 Å². The highest BCUT2D eigenvalue weighted by atomic mass is 35.5. The van der Waals surface area contributed by atoms with Crippen LogP contribution < -0.4 is 4.74 Å². The fraction of sp³-hybridized carbons (Fsp3) is 0.278. The number of ether oxygens (including phenoxy) is 1. The Balaban J connectivity index is 2.04. The molecule has 1 aliphatic rings. The topological polar surface area (TPSA) is 26.3 Å². The first kappa shape index (κ1) is 15.4. The van der Waals surface area contributed by atoms with Crippen molar-refractivity contribution in [3.63, 3.8) is 0 Å². The SMILES string of the molecule is CCOc1ccc2c(c1)C(=O)CC[C@@H]2c1ccc(Cl)c(Cl)c1. The summed E-state index contributed by atoms with van der Waals surface area (Å²) in [6, 6.07) is 11.4. The summed E-state index contributed by atoms with van der Waals surface area (Å²) in [4.78, 5) is 12.2. The van der Waals surface area contributed by atoms with Crippen LogP contribution in [0.2, 0.25) is 10.0 Å². The molecule has 0 bridgehead atoms. The normalized spacial score (nSPS) is 17.2. The van der Waals surface area contributed by atoms with Gasteiger partial charge in [0.25, 0.3) is 0 Å². The van der Waals surface area contributed by atoms with Gasteiger partial charge in [-0.1, -0.05) is 35.3 Å². The number of rotatable bonds is 3. The summed E-state index contributed by atoms with van der Waals surface area (Å²) in [5, 5.41) is 1.09. The molecule has 2 aromatic rings. The predicted molar refractivity (Wildman–Crippen MR) is 89.5 cm³/mol. The highest BCUT2D eigenvalue weighted by Crippen LogP contribution is 2.39. The molecule has 114 valence electrons. The lowest BCUT2D eigenvalue weighted by molar-refractivity contribution is 0.0969. The van der Waals surface area contributed by atoms with Crippen LogP contribution in [0, 0.1) is 0 Å². The zero-order chi connectivity index (χ0) is 15.7. The molecule has 4 heteroatoms. The van der Waals surface area contributed by atoms with E-state index in [0.29, 0.717) is 23.1 Å². The van der Waals surface area contributed by atoms with Crippen molar-refractivity contribution < 1.29 is 9.53 Å². The lowest BCUT2D eigenvalue weighted by Gasteiger charge is -2.26. The Kier molecular flexibility index (Phi) is 4.42. The molecule has 0 aromatic heterocycles. The van der Waals surface area contributed by atoms with Crippen LogP contribution in [0.15, 0.2) is 36.4 Å². The number of carbonyl (C=O) groups excluding carboxylic acids is 1. The Labute approximate surface area is 140 Å². The van der Waals surface area contributed by atoms with Gasteiger partial charge in [0.1, 0.15) is 5.75 Å². The molecule has 1 atom stereocenters. The predicted octanol–water partition coefficient (Wildman–Crippen LogP) is 5.50. The second kappa shape index (κ2) is 6.31. The summed E-state index contributed by atoms with van der Waals surface area (Å²) in [7, 11) is 0. The maximum atomic E-state index is 12.2. The van der Waals surface area contributed by atoms with Gasteiger partial charge in [0.2, 0.25) is 0 Å². The molecule has 0 unspecified atom stereocenters. The Morgan fingerprint density at radius 3 is 2.68 bits per heavy atom. The molecule has 1 aliphatic carbocycles. The van der Waals surface area contributed by atoms with Gasteiger partial charge in [-0.05, 0) is 48.7 Å². The van der Waals surface area contributed by atoms with Gasteiger partial charge in [-0.2, -0.15) is 0 Å². The molecule has 0 heterocycles. The first-order chi connectivity index (χ1) is 10.6. The Morgan fingerprint density at radius 2 is 1.95 bits per heavy atom. The van der Waals surface area contributed by atoms with Gasteiger partial charge >= 0.3 is 0 Å². The number of hydrogen-bond acceptors (Lipinski definition) is 2. The fourth-order valence-electron chi connectivity index (χ4n) is 2.98. The number of carbonyl (C=O) groups is 1. The molecule has 0 fully saturated rings. The molecular weight excluding hydrogens is 319 g/mol. The standard InChI is InChI=1S/C18H16Cl2O2/c1-2-22-12-4-5-14-13(6-8-18(21)15(14)10-12)11-3-7-16(19)17(20)9-11/h3-5,7,9-10,13H,2,6,8H2,1H3/t13-/m1/s1. The highest BCUT2D eigenvalue weighted by Gasteiger charge is 2.27. The van der Waals surface area contributed by atoms with Crippen molar-refractivity contribution in [2.45, 2.75) is 25.7 Å². The van der Waals surface area contributed by atoms with Gasteiger partial charge in [-0.25, -0.2) is 0 Å². The summed E-state index contributed by atoms with van der Waals surface area (Å²) >= 11 is 12.1. The average Bonchev–Trinajstić information content (AvgIpc) is 2.51. The maximum absolute atomic E-state index is 12.2. The molecule has 2 aromatic carbocycles. The molecule has 0 aliphatic heterocycles. The lowest BCUT2D eigenvalue weighted by Crippen LogP contribution is -2.16. The Morgan fingerprint density at radius 1 is 1.14 bits per heavy atom. The number of Topliss-reactive ketones (excluding diaryl/α,β-unsaturated/α-hetero) is 1. The van der Waals surface area contributed by atoms with E-state index >= 15 is 0 Å². The second-order valence-corrected chi connectivity index (χ2v) is 6.18. The van der Waals surface area contributed by atoms with Gasteiger partial charge < -0.3 is 4.74 Å². The zero-order valence-corrected chi connectivity index (χ0v) is 13.7. The van der Waals surface area contributed by atoms with E-state index in [9.17, 15) is 4.79 Å². The van der Waals surface area contributed by atoms with Crippen LogP contribution in [0.1, 0.15) is 47.2 Å². The molecule has 0 saturated carbocycles. The van der Waals surface area contributed by atoms with E-state index in [-0.39, 0.29) is 11.7 Å². The van der Waals surface area contributed by atoms with Crippen LogP contribution in [-0.4, -0.2) is 12.4 Å². The van der Waals surface area contributed by atoms with E-state index in [4.69, 9.17) is 27.9 Å². The summed E-state index contributed by atoms with van der Waals surface area (Å²) in [5.41, 5.74) is 2.89. The molecule has 0 radical (unpaired) electrons. The number of benzene rings is 2. The molecule has 0 saturated heterocycles. The second-order valence-electron chi connectivity index (χ2n) is 5.37. The first-order valence-corrected chi connectivity index (χ1v) is 8.10. The van der Waals surface area contributed by atoms with Crippen LogP contribution in [0.4, 0.5) is 0 Å². The summed E-state index contributed by atoms with van der Waals surface area (Å²) < 4.78 is 5.51. The van der Waals surface area contributed by atoms with Crippen molar-refractivity contribution >= 4 is 29.0 Å². The van der Waals surface area contributed by atoms with Crippen molar-refractivity contribution in [3.05, 3.63) is 63.1 Å². The monoisotopic (exact) mass is 334 g/mol. The highest BCUT2D eigenvalue weighted by molar-refractivity contribution is 6.42. The Hall–Kier alpha value is -1.51. The lowest BCUT2D eigenvalue weighted by atomic mass is 9.78. The van der Waals surface area contributed by atoms with Crippen LogP contribution >= 0.6 is 23.2 Å². The third-order valence-electron chi connectivity index (χ3n) is 4.02.